The number of hydrogen-bond donors (Lipinski definition) is 1. The van der Waals surface area contributed by atoms with Crippen molar-refractivity contribution in [3.8, 4) is 11.5 Å². The smallest absolute Gasteiger partial charge is 0.229 e. The van der Waals surface area contributed by atoms with Gasteiger partial charge in [-0.15, -0.1) is 24.8 Å². The van der Waals surface area contributed by atoms with Crippen LogP contribution in [0.15, 0.2) is 21.2 Å². The maximum Gasteiger partial charge on any atom is 0.229 e. The molecule has 1 unspecified atom stereocenters. The number of nitrogens with one attached hydrogen (secondary N) is 1. The number of likely N-dealkylation sites (N-methyl/N-ethyl adjacent to an activating group) is 1. The lowest BCUT2D eigenvalue weighted by Crippen LogP contribution is -2.41. The number of likely N-dealkylation sites (tertiary alicyclic amines) is 1. The van der Waals surface area contributed by atoms with Gasteiger partial charge in [0.1, 0.15) is 5.76 Å². The van der Waals surface area contributed by atoms with Crippen molar-refractivity contribution in [3.63, 3.8) is 0 Å². The lowest BCUT2D eigenvalue weighted by atomic mass is 10.2. The monoisotopic (exact) mass is 391 g/mol. The minimum atomic E-state index is 0. The number of rotatable bonds is 5. The first-order chi connectivity index (χ1) is 10.7. The van der Waals surface area contributed by atoms with Gasteiger partial charge in [0, 0.05) is 30.1 Å². The highest BCUT2D eigenvalue weighted by Gasteiger charge is 2.29. The number of thiophene rings is 1. The Hall–Kier alpha value is -1.08. The van der Waals surface area contributed by atoms with E-state index in [0.29, 0.717) is 18.4 Å². The predicted octanol–water partition coefficient (Wildman–Crippen LogP) is 3.31. The van der Waals surface area contributed by atoms with Crippen molar-refractivity contribution in [1.82, 2.24) is 15.2 Å². The van der Waals surface area contributed by atoms with Gasteiger partial charge in [-0.2, -0.15) is 11.3 Å². The summed E-state index contributed by atoms with van der Waals surface area (Å²) >= 11 is 1.61. The average molecular weight is 392 g/mol. The van der Waals surface area contributed by atoms with Crippen molar-refractivity contribution in [2.45, 2.75) is 32.2 Å². The number of hydrogen-bond acceptors (Lipinski definition) is 5. The zero-order chi connectivity index (χ0) is 15.5. The molecule has 8 heteroatoms. The summed E-state index contributed by atoms with van der Waals surface area (Å²) in [6.07, 6.45) is 2.47. The van der Waals surface area contributed by atoms with Crippen LogP contribution >= 0.6 is 36.2 Å². The fraction of sp³-hybridized carbons (Fsp3) is 0.500. The molecule has 134 valence electrons. The third-order valence-corrected chi connectivity index (χ3v) is 4.80. The summed E-state index contributed by atoms with van der Waals surface area (Å²) in [5.41, 5.74) is 1.72. The van der Waals surface area contributed by atoms with E-state index in [-0.39, 0.29) is 30.7 Å². The zero-order valence-corrected chi connectivity index (χ0v) is 16.2. The van der Waals surface area contributed by atoms with Crippen LogP contribution in [0.3, 0.4) is 0 Å². The molecule has 0 aromatic carbocycles. The third-order valence-electron chi connectivity index (χ3n) is 4.12. The molecule has 1 atom stereocenters. The molecule has 2 aromatic rings. The first kappa shape index (κ1) is 21.0. The molecule has 1 fully saturated rings. The summed E-state index contributed by atoms with van der Waals surface area (Å²) in [7, 11) is 1.93. The fourth-order valence-corrected chi connectivity index (χ4v) is 3.59. The van der Waals surface area contributed by atoms with Crippen LogP contribution in [0.25, 0.3) is 11.5 Å². The summed E-state index contributed by atoms with van der Waals surface area (Å²) in [6.45, 7) is 3.57. The second kappa shape index (κ2) is 9.42. The van der Waals surface area contributed by atoms with Crippen molar-refractivity contribution in [1.29, 1.82) is 0 Å². The van der Waals surface area contributed by atoms with Crippen LogP contribution in [0.1, 0.15) is 24.3 Å². The van der Waals surface area contributed by atoms with Gasteiger partial charge >= 0.3 is 0 Å². The summed E-state index contributed by atoms with van der Waals surface area (Å²) in [6, 6.07) is 2.28. The molecule has 1 N–H and O–H groups in total. The molecule has 0 saturated carbocycles. The highest BCUT2D eigenvalue weighted by atomic mass is 35.5. The Morgan fingerprint density at radius 2 is 2.29 bits per heavy atom. The number of carbonyl (C=O) groups excluding carboxylic acids is 1. The van der Waals surface area contributed by atoms with E-state index in [2.05, 4.69) is 10.3 Å². The Bertz CT molecular complexity index is 646. The predicted molar refractivity (Wildman–Crippen MR) is 101 cm³/mol. The molecule has 0 bridgehead atoms. The van der Waals surface area contributed by atoms with E-state index in [1.807, 2.05) is 35.7 Å². The van der Waals surface area contributed by atoms with Gasteiger partial charge in [-0.05, 0) is 38.3 Å². The molecule has 1 saturated heterocycles. The number of nitrogens with zero attached hydrogens (tertiary/aromatic N) is 2. The summed E-state index contributed by atoms with van der Waals surface area (Å²) in [5.74, 6) is 1.49. The minimum Gasteiger partial charge on any atom is -0.441 e. The molecule has 3 heterocycles. The number of amides is 1. The number of aromatic nitrogens is 1. The van der Waals surface area contributed by atoms with E-state index in [4.69, 9.17) is 4.42 Å². The number of aryl methyl sites for hydroxylation is 1. The van der Waals surface area contributed by atoms with Crippen LogP contribution in [0.4, 0.5) is 0 Å². The minimum absolute atomic E-state index is 0. The molecule has 2 aromatic heterocycles. The highest BCUT2D eigenvalue weighted by molar-refractivity contribution is 7.08. The van der Waals surface area contributed by atoms with E-state index < -0.39 is 0 Å². The van der Waals surface area contributed by atoms with Crippen molar-refractivity contribution < 1.29 is 9.21 Å². The van der Waals surface area contributed by atoms with E-state index in [1.165, 1.54) is 0 Å². The van der Waals surface area contributed by atoms with Gasteiger partial charge in [0.25, 0.3) is 0 Å². The Labute approximate surface area is 158 Å². The maximum atomic E-state index is 12.6. The quantitative estimate of drug-likeness (QED) is 0.848. The van der Waals surface area contributed by atoms with Crippen LogP contribution in [-0.4, -0.2) is 42.0 Å². The van der Waals surface area contributed by atoms with Crippen molar-refractivity contribution in [3.05, 3.63) is 28.3 Å². The van der Waals surface area contributed by atoms with Crippen LogP contribution in [0, 0.1) is 6.92 Å². The van der Waals surface area contributed by atoms with Gasteiger partial charge in [0.2, 0.25) is 11.8 Å². The number of oxazole rings is 1. The summed E-state index contributed by atoms with van der Waals surface area (Å²) in [4.78, 5) is 19.1. The van der Waals surface area contributed by atoms with Crippen LogP contribution < -0.4 is 5.32 Å². The maximum absolute atomic E-state index is 12.6. The van der Waals surface area contributed by atoms with Crippen LogP contribution in [0.2, 0.25) is 0 Å². The van der Waals surface area contributed by atoms with E-state index in [0.717, 1.165) is 42.9 Å². The molecule has 1 aliphatic rings. The Kier molecular flexibility index (Phi) is 8.22. The van der Waals surface area contributed by atoms with Crippen LogP contribution in [-0.2, 0) is 11.2 Å². The van der Waals surface area contributed by atoms with Gasteiger partial charge in [-0.1, -0.05) is 0 Å². The second-order valence-electron chi connectivity index (χ2n) is 5.65. The fourth-order valence-electron chi connectivity index (χ4n) is 2.96. The van der Waals surface area contributed by atoms with Crippen molar-refractivity contribution in [2.75, 3.05) is 20.1 Å². The Balaban J connectivity index is 0.00000144. The SMILES string of the molecule is CNCC1CCCN1C(=O)Cc1nc(-c2ccsc2)oc1C.Cl.Cl. The van der Waals surface area contributed by atoms with Crippen LogP contribution in [0.5, 0.6) is 0 Å². The van der Waals surface area contributed by atoms with Gasteiger partial charge in [-0.25, -0.2) is 4.98 Å². The van der Waals surface area contributed by atoms with Crippen molar-refractivity contribution >= 4 is 42.1 Å². The highest BCUT2D eigenvalue weighted by Crippen LogP contribution is 2.25. The molecule has 5 nitrogen and oxygen atoms in total. The second-order valence-corrected chi connectivity index (χ2v) is 6.43. The molecule has 0 aliphatic carbocycles. The Morgan fingerprint density at radius 1 is 1.50 bits per heavy atom. The molecular weight excluding hydrogens is 369 g/mol. The summed E-state index contributed by atoms with van der Waals surface area (Å²) in [5, 5.41) is 7.16. The zero-order valence-electron chi connectivity index (χ0n) is 13.8. The number of carbonyl (C=O) groups is 1. The first-order valence-electron chi connectivity index (χ1n) is 7.62. The lowest BCUT2D eigenvalue weighted by Gasteiger charge is -2.24. The average Bonchev–Trinajstić information content (AvgIpc) is 3.21. The molecule has 3 rings (SSSR count). The standard InChI is InChI=1S/C16H21N3O2S.2ClH/c1-11-14(18-16(21-11)12-5-7-22-10-12)8-15(20)19-6-3-4-13(19)9-17-2;;/h5,7,10,13,17H,3-4,6,8-9H2,1-2H3;2*1H. The lowest BCUT2D eigenvalue weighted by molar-refractivity contribution is -0.131. The largest absolute Gasteiger partial charge is 0.441 e. The molecule has 0 spiro atoms. The first-order valence-corrected chi connectivity index (χ1v) is 8.56. The molecule has 1 aliphatic heterocycles. The summed E-state index contributed by atoms with van der Waals surface area (Å²) < 4.78 is 5.71. The topological polar surface area (TPSA) is 58.4 Å². The van der Waals surface area contributed by atoms with Gasteiger partial charge in [-0.3, -0.25) is 4.79 Å². The van der Waals surface area contributed by atoms with E-state index in [1.54, 1.807) is 11.3 Å². The molecule has 0 radical (unpaired) electrons. The van der Waals surface area contributed by atoms with Gasteiger partial charge < -0.3 is 14.6 Å². The molecular formula is C16H23Cl2N3O2S. The van der Waals surface area contributed by atoms with Gasteiger partial charge in [0.15, 0.2) is 0 Å². The normalized spacial score (nSPS) is 16.6. The van der Waals surface area contributed by atoms with Gasteiger partial charge in [0.05, 0.1) is 12.1 Å². The molecule has 24 heavy (non-hydrogen) atoms. The molecule has 1 amide bonds. The van der Waals surface area contributed by atoms with Crippen molar-refractivity contribution in [2.24, 2.45) is 0 Å². The Morgan fingerprint density at radius 3 is 2.96 bits per heavy atom. The third kappa shape index (κ3) is 4.51. The number of halogens is 2. The van der Waals surface area contributed by atoms with E-state index >= 15 is 0 Å². The van der Waals surface area contributed by atoms with E-state index in [9.17, 15) is 4.79 Å².